The van der Waals surface area contributed by atoms with Crippen LogP contribution in [-0.4, -0.2) is 50.5 Å². The first-order chi connectivity index (χ1) is 20.3. The molecule has 1 saturated heterocycles. The fourth-order valence-corrected chi connectivity index (χ4v) is 5.49. The van der Waals surface area contributed by atoms with E-state index >= 15 is 0 Å². The molecule has 2 aliphatic rings. The molecule has 4 aromatic rings. The van der Waals surface area contributed by atoms with Gasteiger partial charge < -0.3 is 20.1 Å². The van der Waals surface area contributed by atoms with Crippen molar-refractivity contribution < 1.29 is 23.0 Å². The molecule has 0 bridgehead atoms. The summed E-state index contributed by atoms with van der Waals surface area (Å²) in [5.74, 6) is 0.632. The molecule has 12 heteroatoms. The molecule has 216 valence electrons. The third kappa shape index (κ3) is 5.80. The van der Waals surface area contributed by atoms with Crippen LogP contribution in [0.15, 0.2) is 67.3 Å². The van der Waals surface area contributed by atoms with Crippen LogP contribution in [-0.2, 0) is 17.5 Å². The Hall–Kier alpha value is -4.06. The summed E-state index contributed by atoms with van der Waals surface area (Å²) in [4.78, 5) is 18.8. The lowest BCUT2D eigenvalue weighted by Gasteiger charge is -2.36. The number of benzene rings is 2. The Morgan fingerprint density at radius 1 is 1.07 bits per heavy atom. The molecule has 2 N–H and O–H groups in total. The van der Waals surface area contributed by atoms with Crippen LogP contribution in [0, 0.1) is 0 Å². The Morgan fingerprint density at radius 2 is 1.88 bits per heavy atom. The van der Waals surface area contributed by atoms with E-state index in [0.29, 0.717) is 52.4 Å². The van der Waals surface area contributed by atoms with Gasteiger partial charge in [-0.3, -0.25) is 0 Å². The summed E-state index contributed by atoms with van der Waals surface area (Å²) in [5.41, 5.74) is 2.10. The summed E-state index contributed by atoms with van der Waals surface area (Å²) in [7, 11) is 0. The zero-order valence-electron chi connectivity index (χ0n) is 22.2. The SMILES string of the molecule is OC1C(c2ccc(-c3ccncn3)cc2Cl)=Cc2cnc(NC3CCOCC3)nc2N1Cc1ccccc1C(F)(F)F. The van der Waals surface area contributed by atoms with Crippen molar-refractivity contribution in [2.75, 3.05) is 23.4 Å². The predicted molar refractivity (Wildman–Crippen MR) is 153 cm³/mol. The average molecular weight is 595 g/mol. The summed E-state index contributed by atoms with van der Waals surface area (Å²) < 4.78 is 47.2. The number of fused-ring (bicyclic) bond motifs is 1. The van der Waals surface area contributed by atoms with E-state index in [0.717, 1.165) is 24.5 Å². The summed E-state index contributed by atoms with van der Waals surface area (Å²) in [6.45, 7) is 0.973. The maximum absolute atomic E-state index is 13.9. The second kappa shape index (κ2) is 11.7. The highest BCUT2D eigenvalue weighted by molar-refractivity contribution is 6.33. The molecule has 0 aliphatic carbocycles. The molecule has 6 rings (SSSR count). The van der Waals surface area contributed by atoms with Crippen molar-refractivity contribution in [1.82, 2.24) is 19.9 Å². The Morgan fingerprint density at radius 3 is 2.62 bits per heavy atom. The zero-order chi connectivity index (χ0) is 29.3. The molecule has 2 aromatic carbocycles. The van der Waals surface area contributed by atoms with Crippen molar-refractivity contribution in [3.63, 3.8) is 0 Å². The highest BCUT2D eigenvalue weighted by Crippen LogP contribution is 2.41. The van der Waals surface area contributed by atoms with E-state index in [1.54, 1.807) is 42.7 Å². The van der Waals surface area contributed by atoms with Crippen LogP contribution in [0.3, 0.4) is 0 Å². The monoisotopic (exact) mass is 594 g/mol. The van der Waals surface area contributed by atoms with Gasteiger partial charge in [-0.1, -0.05) is 41.9 Å². The van der Waals surface area contributed by atoms with Crippen LogP contribution < -0.4 is 10.2 Å². The van der Waals surface area contributed by atoms with Crippen molar-refractivity contribution in [1.29, 1.82) is 0 Å². The van der Waals surface area contributed by atoms with Gasteiger partial charge in [-0.15, -0.1) is 0 Å². The number of halogens is 4. The van der Waals surface area contributed by atoms with Gasteiger partial charge in [0.1, 0.15) is 12.1 Å². The average Bonchev–Trinajstić information content (AvgIpc) is 2.99. The first kappa shape index (κ1) is 28.1. The van der Waals surface area contributed by atoms with Gasteiger partial charge in [-0.2, -0.15) is 18.2 Å². The van der Waals surface area contributed by atoms with Crippen LogP contribution in [0.1, 0.15) is 35.1 Å². The van der Waals surface area contributed by atoms with Crippen LogP contribution >= 0.6 is 11.6 Å². The van der Waals surface area contributed by atoms with E-state index in [-0.39, 0.29) is 18.2 Å². The minimum Gasteiger partial charge on any atom is -0.381 e. The lowest BCUT2D eigenvalue weighted by Crippen LogP contribution is -2.39. The van der Waals surface area contributed by atoms with Gasteiger partial charge in [-0.05, 0) is 42.7 Å². The smallest absolute Gasteiger partial charge is 0.381 e. The first-order valence-corrected chi connectivity index (χ1v) is 13.7. The summed E-state index contributed by atoms with van der Waals surface area (Å²) in [5, 5.41) is 15.3. The number of hydrogen-bond donors (Lipinski definition) is 2. The van der Waals surface area contributed by atoms with E-state index in [9.17, 15) is 18.3 Å². The van der Waals surface area contributed by atoms with Crippen molar-refractivity contribution in [3.8, 4) is 11.3 Å². The summed E-state index contributed by atoms with van der Waals surface area (Å²) >= 11 is 6.72. The minimum atomic E-state index is -4.57. The molecule has 42 heavy (non-hydrogen) atoms. The summed E-state index contributed by atoms with van der Waals surface area (Å²) in [6.07, 6.45) is 2.00. The highest BCUT2D eigenvalue weighted by Gasteiger charge is 2.36. The van der Waals surface area contributed by atoms with Gasteiger partial charge in [0.25, 0.3) is 0 Å². The topological polar surface area (TPSA) is 96.3 Å². The van der Waals surface area contributed by atoms with Crippen molar-refractivity contribution >= 4 is 35.0 Å². The molecule has 0 spiro atoms. The molecule has 1 atom stereocenters. The molecule has 1 fully saturated rings. The van der Waals surface area contributed by atoms with Crippen molar-refractivity contribution in [2.24, 2.45) is 0 Å². The molecular weight excluding hydrogens is 569 g/mol. The fourth-order valence-electron chi connectivity index (χ4n) is 5.20. The number of nitrogens with one attached hydrogen (secondary N) is 1. The molecule has 8 nitrogen and oxygen atoms in total. The normalized spacial score (nSPS) is 17.5. The lowest BCUT2D eigenvalue weighted by molar-refractivity contribution is -0.138. The van der Waals surface area contributed by atoms with Gasteiger partial charge in [-0.25, -0.2) is 15.0 Å². The number of aromatic nitrogens is 4. The molecule has 2 aliphatic heterocycles. The molecule has 2 aromatic heterocycles. The first-order valence-electron chi connectivity index (χ1n) is 13.4. The Bertz CT molecular complexity index is 1610. The number of alkyl halides is 3. The Labute approximate surface area is 244 Å². The Kier molecular flexibility index (Phi) is 7.80. The van der Waals surface area contributed by atoms with Crippen LogP contribution in [0.4, 0.5) is 24.9 Å². The molecule has 1 unspecified atom stereocenters. The number of anilines is 2. The van der Waals surface area contributed by atoms with Crippen LogP contribution in [0.5, 0.6) is 0 Å². The molecule has 0 amide bonds. The molecule has 0 saturated carbocycles. The second-order valence-electron chi connectivity index (χ2n) is 10.0. The van der Waals surface area contributed by atoms with E-state index in [2.05, 4.69) is 25.3 Å². The highest BCUT2D eigenvalue weighted by atomic mass is 35.5. The summed E-state index contributed by atoms with van der Waals surface area (Å²) in [6, 6.07) is 12.5. The van der Waals surface area contributed by atoms with Gasteiger partial charge in [0.15, 0.2) is 6.23 Å². The van der Waals surface area contributed by atoms with Crippen molar-refractivity contribution in [2.45, 2.75) is 37.8 Å². The lowest BCUT2D eigenvalue weighted by atomic mass is 9.95. The number of rotatable bonds is 6. The molecule has 0 radical (unpaired) electrons. The van der Waals surface area contributed by atoms with Gasteiger partial charge in [0.2, 0.25) is 5.95 Å². The predicted octanol–water partition coefficient (Wildman–Crippen LogP) is 6.08. The number of aliphatic hydroxyl groups is 1. The van der Waals surface area contributed by atoms with Gasteiger partial charge in [0.05, 0.1) is 11.3 Å². The van der Waals surface area contributed by atoms with Crippen LogP contribution in [0.2, 0.25) is 5.02 Å². The zero-order valence-corrected chi connectivity index (χ0v) is 23.0. The fraction of sp³-hybridized carbons (Fsp3) is 0.267. The molecular formula is C30H26ClF3N6O2. The number of hydrogen-bond acceptors (Lipinski definition) is 8. The maximum Gasteiger partial charge on any atom is 0.416 e. The van der Waals surface area contributed by atoms with E-state index in [1.807, 2.05) is 6.07 Å². The minimum absolute atomic E-state index is 0.000919. The van der Waals surface area contributed by atoms with E-state index < -0.39 is 18.0 Å². The third-order valence-corrected chi connectivity index (χ3v) is 7.64. The largest absolute Gasteiger partial charge is 0.416 e. The quantitative estimate of drug-likeness (QED) is 0.277. The second-order valence-corrected chi connectivity index (χ2v) is 10.5. The number of aliphatic hydroxyl groups excluding tert-OH is 1. The number of ether oxygens (including phenoxy) is 1. The van der Waals surface area contributed by atoms with Crippen LogP contribution in [0.25, 0.3) is 22.9 Å². The van der Waals surface area contributed by atoms with Crippen molar-refractivity contribution in [3.05, 3.63) is 94.5 Å². The molecule has 4 heterocycles. The Balaban J connectivity index is 1.41. The number of nitrogens with zero attached hydrogens (tertiary/aromatic N) is 5. The third-order valence-electron chi connectivity index (χ3n) is 7.33. The van der Waals surface area contributed by atoms with Gasteiger partial charge in [0, 0.05) is 65.5 Å². The standard InChI is InChI=1S/C30H26ClF3N6O2/c31-25-14-18(26-7-10-35-17-37-26)5-6-22(25)23-13-20-15-36-29(38-21-8-11-42-12-9-21)39-27(20)40(28(23)41)16-19-3-1-2-4-24(19)30(32,33)34/h1-7,10,13-15,17,21,28,41H,8-9,11-12,16H2,(H,36,38,39). The van der Waals surface area contributed by atoms with E-state index in [4.69, 9.17) is 16.3 Å². The van der Waals surface area contributed by atoms with E-state index in [1.165, 1.54) is 23.4 Å². The maximum atomic E-state index is 13.9. The van der Waals surface area contributed by atoms with Gasteiger partial charge >= 0.3 is 6.18 Å².